The second kappa shape index (κ2) is 5.15. The van der Waals surface area contributed by atoms with Gasteiger partial charge in [0.25, 0.3) is 0 Å². The quantitative estimate of drug-likeness (QED) is 0.832. The number of anilines is 1. The predicted molar refractivity (Wildman–Crippen MR) is 67.7 cm³/mol. The maximum absolute atomic E-state index is 12.7. The molecule has 2 rings (SSSR count). The fourth-order valence-electron chi connectivity index (χ4n) is 1.62. The van der Waals surface area contributed by atoms with E-state index in [9.17, 15) is 4.39 Å². The molecule has 1 aromatic carbocycles. The van der Waals surface area contributed by atoms with Crippen LogP contribution in [0.2, 0.25) is 5.02 Å². The highest BCUT2D eigenvalue weighted by Crippen LogP contribution is 2.25. The molecular formula is C13H12ClFN2. The van der Waals surface area contributed by atoms with Crippen molar-refractivity contribution in [3.63, 3.8) is 0 Å². The summed E-state index contributed by atoms with van der Waals surface area (Å²) in [5.74, 6) is -0.485. The number of hydrogen-bond acceptors (Lipinski definition) is 2. The van der Waals surface area contributed by atoms with E-state index in [0.29, 0.717) is 5.02 Å². The van der Waals surface area contributed by atoms with Crippen molar-refractivity contribution in [3.8, 4) is 0 Å². The van der Waals surface area contributed by atoms with Crippen LogP contribution in [0, 0.1) is 5.95 Å². The van der Waals surface area contributed by atoms with Crippen molar-refractivity contribution in [2.45, 2.75) is 13.0 Å². The number of nitrogens with zero attached hydrogens (tertiary/aromatic N) is 1. The van der Waals surface area contributed by atoms with Gasteiger partial charge in [-0.15, -0.1) is 0 Å². The number of aromatic nitrogens is 1. The lowest BCUT2D eigenvalue weighted by Gasteiger charge is -2.16. The minimum Gasteiger partial charge on any atom is -0.377 e. The summed E-state index contributed by atoms with van der Waals surface area (Å²) in [5.41, 5.74) is 1.76. The molecule has 0 aliphatic heterocycles. The van der Waals surface area contributed by atoms with Crippen LogP contribution in [-0.4, -0.2) is 4.98 Å². The fourth-order valence-corrected chi connectivity index (χ4v) is 1.91. The Kier molecular flexibility index (Phi) is 3.59. The maximum Gasteiger partial charge on any atom is 0.212 e. The first kappa shape index (κ1) is 11.9. The van der Waals surface area contributed by atoms with E-state index in [0.717, 1.165) is 11.3 Å². The second-order valence-corrected chi connectivity index (χ2v) is 4.16. The largest absolute Gasteiger partial charge is 0.377 e. The molecule has 1 heterocycles. The van der Waals surface area contributed by atoms with Gasteiger partial charge in [0.2, 0.25) is 5.95 Å². The molecule has 0 aliphatic carbocycles. The van der Waals surface area contributed by atoms with Gasteiger partial charge in [0, 0.05) is 5.02 Å². The standard InChI is InChI=1S/C13H12ClFN2/c1-9(11-4-2-3-5-12(11)14)17-10-6-7-13(15)16-8-10/h2-9,17H,1H3. The Morgan fingerprint density at radius 1 is 1.24 bits per heavy atom. The van der Waals surface area contributed by atoms with Crippen molar-refractivity contribution < 1.29 is 4.39 Å². The first-order valence-corrected chi connectivity index (χ1v) is 5.67. The van der Waals surface area contributed by atoms with Gasteiger partial charge in [-0.25, -0.2) is 4.98 Å². The normalized spacial score (nSPS) is 12.2. The van der Waals surface area contributed by atoms with Crippen LogP contribution < -0.4 is 5.32 Å². The smallest absolute Gasteiger partial charge is 0.212 e. The Hall–Kier alpha value is -1.61. The first-order valence-electron chi connectivity index (χ1n) is 5.29. The van der Waals surface area contributed by atoms with Gasteiger partial charge >= 0.3 is 0 Å². The van der Waals surface area contributed by atoms with Gasteiger partial charge < -0.3 is 5.32 Å². The molecule has 1 N–H and O–H groups in total. The van der Waals surface area contributed by atoms with E-state index >= 15 is 0 Å². The Balaban J connectivity index is 2.14. The third kappa shape index (κ3) is 2.94. The number of hydrogen-bond donors (Lipinski definition) is 1. The van der Waals surface area contributed by atoms with Crippen LogP contribution in [0.5, 0.6) is 0 Å². The predicted octanol–water partition coefficient (Wildman–Crippen LogP) is 4.05. The molecule has 0 aliphatic rings. The van der Waals surface area contributed by atoms with Crippen LogP contribution in [0.25, 0.3) is 0 Å². The van der Waals surface area contributed by atoms with Crippen LogP contribution in [0.3, 0.4) is 0 Å². The minimum absolute atomic E-state index is 0.0379. The van der Waals surface area contributed by atoms with Crippen molar-refractivity contribution in [2.75, 3.05) is 5.32 Å². The van der Waals surface area contributed by atoms with Gasteiger partial charge in [-0.3, -0.25) is 0 Å². The molecule has 0 amide bonds. The van der Waals surface area contributed by atoms with Gasteiger partial charge in [-0.2, -0.15) is 4.39 Å². The average molecular weight is 251 g/mol. The lowest BCUT2D eigenvalue weighted by Crippen LogP contribution is -2.07. The van der Waals surface area contributed by atoms with Gasteiger partial charge in [-0.1, -0.05) is 29.8 Å². The van der Waals surface area contributed by atoms with E-state index < -0.39 is 5.95 Å². The lowest BCUT2D eigenvalue weighted by atomic mass is 10.1. The van der Waals surface area contributed by atoms with E-state index in [1.807, 2.05) is 31.2 Å². The molecule has 1 atom stereocenters. The summed E-state index contributed by atoms with van der Waals surface area (Å²) in [7, 11) is 0. The summed E-state index contributed by atoms with van der Waals surface area (Å²) >= 11 is 6.09. The van der Waals surface area contributed by atoms with E-state index in [1.165, 1.54) is 12.3 Å². The molecule has 0 fully saturated rings. The van der Waals surface area contributed by atoms with E-state index in [4.69, 9.17) is 11.6 Å². The summed E-state index contributed by atoms with van der Waals surface area (Å²) in [4.78, 5) is 3.59. The van der Waals surface area contributed by atoms with Crippen LogP contribution >= 0.6 is 11.6 Å². The zero-order valence-electron chi connectivity index (χ0n) is 9.32. The molecular weight excluding hydrogens is 239 g/mol. The van der Waals surface area contributed by atoms with Crippen molar-refractivity contribution in [1.82, 2.24) is 4.98 Å². The second-order valence-electron chi connectivity index (χ2n) is 3.76. The van der Waals surface area contributed by atoms with Crippen molar-refractivity contribution >= 4 is 17.3 Å². The number of rotatable bonds is 3. The van der Waals surface area contributed by atoms with Gasteiger partial charge in [0.15, 0.2) is 0 Å². The number of benzene rings is 1. The van der Waals surface area contributed by atoms with E-state index in [1.54, 1.807) is 6.07 Å². The average Bonchev–Trinajstić information content (AvgIpc) is 2.32. The summed E-state index contributed by atoms with van der Waals surface area (Å²) < 4.78 is 12.7. The number of halogens is 2. The van der Waals surface area contributed by atoms with Crippen LogP contribution in [0.4, 0.5) is 10.1 Å². The van der Waals surface area contributed by atoms with Crippen LogP contribution in [0.15, 0.2) is 42.6 Å². The third-order valence-corrected chi connectivity index (χ3v) is 2.83. The first-order chi connectivity index (χ1) is 8.16. The molecule has 0 saturated carbocycles. The van der Waals surface area contributed by atoms with Crippen LogP contribution in [0.1, 0.15) is 18.5 Å². The lowest BCUT2D eigenvalue weighted by molar-refractivity contribution is 0.584. The highest BCUT2D eigenvalue weighted by molar-refractivity contribution is 6.31. The maximum atomic E-state index is 12.7. The molecule has 2 nitrogen and oxygen atoms in total. The molecule has 17 heavy (non-hydrogen) atoms. The summed E-state index contributed by atoms with van der Waals surface area (Å²) in [5, 5.41) is 3.92. The SMILES string of the molecule is CC(Nc1ccc(F)nc1)c1ccccc1Cl. The molecule has 1 unspecified atom stereocenters. The third-order valence-electron chi connectivity index (χ3n) is 2.48. The zero-order valence-corrected chi connectivity index (χ0v) is 10.1. The number of nitrogens with one attached hydrogen (secondary N) is 1. The summed E-state index contributed by atoms with van der Waals surface area (Å²) in [6, 6.07) is 10.6. The van der Waals surface area contributed by atoms with Gasteiger partial charge in [0.05, 0.1) is 17.9 Å². The Bertz CT molecular complexity index is 499. The molecule has 1 aromatic heterocycles. The Morgan fingerprint density at radius 3 is 2.65 bits per heavy atom. The molecule has 0 saturated heterocycles. The van der Waals surface area contributed by atoms with E-state index in [2.05, 4.69) is 10.3 Å². The Morgan fingerprint density at radius 2 is 2.00 bits per heavy atom. The highest BCUT2D eigenvalue weighted by atomic mass is 35.5. The van der Waals surface area contributed by atoms with Crippen LogP contribution in [-0.2, 0) is 0 Å². The summed E-state index contributed by atoms with van der Waals surface area (Å²) in [6.07, 6.45) is 1.46. The molecule has 0 bridgehead atoms. The Labute approximate surface area is 104 Å². The molecule has 4 heteroatoms. The van der Waals surface area contributed by atoms with Crippen molar-refractivity contribution in [3.05, 3.63) is 59.1 Å². The van der Waals surface area contributed by atoms with Crippen molar-refractivity contribution in [2.24, 2.45) is 0 Å². The van der Waals surface area contributed by atoms with Crippen molar-refractivity contribution in [1.29, 1.82) is 0 Å². The molecule has 0 spiro atoms. The molecule has 88 valence electrons. The fraction of sp³-hybridized carbons (Fsp3) is 0.154. The number of pyridine rings is 1. The monoisotopic (exact) mass is 250 g/mol. The van der Waals surface area contributed by atoms with Gasteiger partial charge in [-0.05, 0) is 30.7 Å². The molecule has 0 radical (unpaired) electrons. The minimum atomic E-state index is -0.485. The highest BCUT2D eigenvalue weighted by Gasteiger charge is 2.08. The van der Waals surface area contributed by atoms with Gasteiger partial charge in [0.1, 0.15) is 0 Å². The molecule has 2 aromatic rings. The van der Waals surface area contributed by atoms with E-state index in [-0.39, 0.29) is 6.04 Å². The zero-order chi connectivity index (χ0) is 12.3. The topological polar surface area (TPSA) is 24.9 Å². The summed E-state index contributed by atoms with van der Waals surface area (Å²) in [6.45, 7) is 1.99.